The molecule has 1 unspecified atom stereocenters. The molecule has 2 N–H and O–H groups in total. The van der Waals surface area contributed by atoms with E-state index in [1.54, 1.807) is 0 Å². The Labute approximate surface area is 156 Å². The van der Waals surface area contributed by atoms with Gasteiger partial charge in [-0.05, 0) is 49.7 Å². The number of hydrogen-bond acceptors (Lipinski definition) is 2. The second-order valence-electron chi connectivity index (χ2n) is 6.53. The molecule has 26 heavy (non-hydrogen) atoms. The molecule has 0 aliphatic heterocycles. The van der Waals surface area contributed by atoms with Crippen LogP contribution in [0.3, 0.4) is 0 Å². The summed E-state index contributed by atoms with van der Waals surface area (Å²) in [6.45, 7) is 0. The number of nitrogens with two attached hydrogens (primary N) is 1. The van der Waals surface area contributed by atoms with Crippen molar-refractivity contribution in [3.8, 4) is 0 Å². The summed E-state index contributed by atoms with van der Waals surface area (Å²) < 4.78 is 5.21. The maximum Gasteiger partial charge on any atom is 0.404 e. The highest BCUT2D eigenvalue weighted by Crippen LogP contribution is 2.13. The van der Waals surface area contributed by atoms with Gasteiger partial charge in [0.2, 0.25) is 0 Å². The van der Waals surface area contributed by atoms with Gasteiger partial charge in [-0.15, -0.1) is 0 Å². The average molecular weight is 351 g/mol. The summed E-state index contributed by atoms with van der Waals surface area (Å²) in [7, 11) is 0. The fourth-order valence-electron chi connectivity index (χ4n) is 2.98. The van der Waals surface area contributed by atoms with Crippen LogP contribution in [0.25, 0.3) is 0 Å². The van der Waals surface area contributed by atoms with Crippen molar-refractivity contribution in [3.63, 3.8) is 0 Å². The van der Waals surface area contributed by atoms with Gasteiger partial charge in [0.05, 0.1) is 0 Å². The van der Waals surface area contributed by atoms with Crippen molar-refractivity contribution >= 4 is 6.09 Å². The number of ether oxygens (including phenoxy) is 1. The van der Waals surface area contributed by atoms with E-state index in [2.05, 4.69) is 24.3 Å². The standard InChI is InChI=1S/C17H19NO2.C6H10/c18-17(19)20-16(13-15-9-5-2-6-10-15)12-11-14-7-3-1-4-8-14;1-2-4-6-5-3-1/h1-10,16H,11-13H2,(H2,18,19);1-2H,3-6H2. The Kier molecular flexibility index (Phi) is 9.06. The number of carbonyl (C=O) groups excluding carboxylic acids is 1. The van der Waals surface area contributed by atoms with Gasteiger partial charge >= 0.3 is 6.09 Å². The highest BCUT2D eigenvalue weighted by molar-refractivity contribution is 5.64. The second kappa shape index (κ2) is 11.9. The van der Waals surface area contributed by atoms with E-state index in [0.29, 0.717) is 6.42 Å². The molecule has 1 aliphatic rings. The number of rotatable bonds is 6. The minimum atomic E-state index is -0.709. The Bertz CT molecular complexity index is 644. The second-order valence-corrected chi connectivity index (χ2v) is 6.53. The Morgan fingerprint density at radius 2 is 1.42 bits per heavy atom. The third-order valence-corrected chi connectivity index (χ3v) is 4.35. The number of aryl methyl sites for hydroxylation is 1. The van der Waals surface area contributed by atoms with E-state index in [4.69, 9.17) is 10.5 Å². The normalized spacial score (nSPS) is 14.0. The number of carbonyl (C=O) groups is 1. The van der Waals surface area contributed by atoms with Crippen molar-refractivity contribution in [3.05, 3.63) is 83.9 Å². The van der Waals surface area contributed by atoms with Crippen molar-refractivity contribution in [2.75, 3.05) is 0 Å². The predicted octanol–water partition coefficient (Wildman–Crippen LogP) is 5.44. The lowest BCUT2D eigenvalue weighted by Gasteiger charge is -2.16. The molecular formula is C23H29NO2. The lowest BCUT2D eigenvalue weighted by atomic mass is 10.0. The summed E-state index contributed by atoms with van der Waals surface area (Å²) in [6, 6.07) is 20.1. The molecule has 3 heteroatoms. The Morgan fingerprint density at radius 3 is 1.88 bits per heavy atom. The van der Waals surface area contributed by atoms with E-state index in [0.717, 1.165) is 18.4 Å². The van der Waals surface area contributed by atoms with Crippen molar-refractivity contribution in [1.82, 2.24) is 0 Å². The van der Waals surface area contributed by atoms with Gasteiger partial charge in [-0.3, -0.25) is 0 Å². The minimum Gasteiger partial charge on any atom is -0.446 e. The predicted molar refractivity (Wildman–Crippen MR) is 107 cm³/mol. The zero-order valence-electron chi connectivity index (χ0n) is 15.3. The molecule has 1 aliphatic carbocycles. The Hall–Kier alpha value is -2.55. The van der Waals surface area contributed by atoms with Gasteiger partial charge in [-0.1, -0.05) is 72.8 Å². The van der Waals surface area contributed by atoms with Crippen LogP contribution in [0.4, 0.5) is 4.79 Å². The van der Waals surface area contributed by atoms with Crippen LogP contribution in [0, 0.1) is 0 Å². The maximum atomic E-state index is 11.0. The molecule has 1 atom stereocenters. The summed E-state index contributed by atoms with van der Waals surface area (Å²) in [4.78, 5) is 11.0. The number of allylic oxidation sites excluding steroid dienone is 2. The van der Waals surface area contributed by atoms with Gasteiger partial charge in [0, 0.05) is 6.42 Å². The molecule has 0 saturated heterocycles. The van der Waals surface area contributed by atoms with Crippen LogP contribution in [-0.4, -0.2) is 12.2 Å². The van der Waals surface area contributed by atoms with Gasteiger partial charge in [0.25, 0.3) is 0 Å². The molecule has 0 saturated carbocycles. The summed E-state index contributed by atoms with van der Waals surface area (Å²) in [5.74, 6) is 0. The van der Waals surface area contributed by atoms with Gasteiger partial charge in [-0.2, -0.15) is 0 Å². The van der Waals surface area contributed by atoms with Crippen LogP contribution < -0.4 is 5.73 Å². The first kappa shape index (κ1) is 19.8. The number of primary amides is 1. The van der Waals surface area contributed by atoms with Gasteiger partial charge in [0.15, 0.2) is 0 Å². The zero-order chi connectivity index (χ0) is 18.5. The SMILES string of the molecule is C1=CCCCC1.NC(=O)OC(CCc1ccccc1)Cc1ccccc1. The number of amides is 1. The number of hydrogen-bond donors (Lipinski definition) is 1. The van der Waals surface area contributed by atoms with E-state index in [1.807, 2.05) is 48.5 Å². The monoisotopic (exact) mass is 351 g/mol. The first-order valence-corrected chi connectivity index (χ1v) is 9.43. The molecule has 138 valence electrons. The van der Waals surface area contributed by atoms with E-state index >= 15 is 0 Å². The fourth-order valence-corrected chi connectivity index (χ4v) is 2.98. The molecule has 0 bridgehead atoms. The lowest BCUT2D eigenvalue weighted by Crippen LogP contribution is -2.25. The molecule has 0 fully saturated rings. The van der Waals surface area contributed by atoms with Gasteiger partial charge in [-0.25, -0.2) is 4.79 Å². The molecule has 0 radical (unpaired) electrons. The third-order valence-electron chi connectivity index (χ3n) is 4.35. The Balaban J connectivity index is 0.000000342. The third kappa shape index (κ3) is 8.52. The van der Waals surface area contributed by atoms with Crippen molar-refractivity contribution in [2.45, 2.75) is 51.0 Å². The zero-order valence-corrected chi connectivity index (χ0v) is 15.3. The Morgan fingerprint density at radius 1 is 0.885 bits per heavy atom. The van der Waals surface area contributed by atoms with E-state index in [-0.39, 0.29) is 6.10 Å². The van der Waals surface area contributed by atoms with Crippen LogP contribution in [0.15, 0.2) is 72.8 Å². The first-order valence-electron chi connectivity index (χ1n) is 9.43. The topological polar surface area (TPSA) is 52.3 Å². The lowest BCUT2D eigenvalue weighted by molar-refractivity contribution is 0.101. The smallest absolute Gasteiger partial charge is 0.404 e. The summed E-state index contributed by atoms with van der Waals surface area (Å²) in [5, 5.41) is 0. The highest BCUT2D eigenvalue weighted by Gasteiger charge is 2.13. The maximum absolute atomic E-state index is 11.0. The van der Waals surface area contributed by atoms with E-state index in [1.165, 1.54) is 31.2 Å². The van der Waals surface area contributed by atoms with Crippen LogP contribution >= 0.6 is 0 Å². The molecule has 0 heterocycles. The van der Waals surface area contributed by atoms with Crippen LogP contribution in [0.1, 0.15) is 43.2 Å². The van der Waals surface area contributed by atoms with Crippen molar-refractivity contribution in [2.24, 2.45) is 5.73 Å². The molecule has 2 aromatic rings. The molecule has 1 amide bonds. The van der Waals surface area contributed by atoms with Gasteiger partial charge in [0.1, 0.15) is 6.10 Å². The van der Waals surface area contributed by atoms with Crippen LogP contribution in [-0.2, 0) is 17.6 Å². The summed E-state index contributed by atoms with van der Waals surface area (Å²) in [5.41, 5.74) is 7.53. The summed E-state index contributed by atoms with van der Waals surface area (Å²) >= 11 is 0. The minimum absolute atomic E-state index is 0.185. The van der Waals surface area contributed by atoms with E-state index in [9.17, 15) is 4.79 Å². The molecule has 0 spiro atoms. The van der Waals surface area contributed by atoms with Crippen LogP contribution in [0.5, 0.6) is 0 Å². The van der Waals surface area contributed by atoms with Gasteiger partial charge < -0.3 is 10.5 Å². The van der Waals surface area contributed by atoms with Crippen LogP contribution in [0.2, 0.25) is 0 Å². The molecule has 3 nitrogen and oxygen atoms in total. The quantitative estimate of drug-likeness (QED) is 0.704. The average Bonchev–Trinajstić information content (AvgIpc) is 2.69. The van der Waals surface area contributed by atoms with Crippen molar-refractivity contribution in [1.29, 1.82) is 0 Å². The van der Waals surface area contributed by atoms with Crippen molar-refractivity contribution < 1.29 is 9.53 Å². The number of benzene rings is 2. The highest BCUT2D eigenvalue weighted by atomic mass is 16.6. The molecule has 2 aromatic carbocycles. The van der Waals surface area contributed by atoms with E-state index < -0.39 is 6.09 Å². The molecular weight excluding hydrogens is 322 g/mol. The summed E-state index contributed by atoms with van der Waals surface area (Å²) in [6.07, 6.45) is 11.4. The first-order chi connectivity index (χ1) is 12.7. The molecule has 0 aromatic heterocycles. The largest absolute Gasteiger partial charge is 0.446 e. The molecule has 3 rings (SSSR count). The fraction of sp³-hybridized carbons (Fsp3) is 0.348.